The molecular formula is C45H29N3OSSi. The van der Waals surface area contributed by atoms with Crippen LogP contribution in [0.2, 0.25) is 13.1 Å². The van der Waals surface area contributed by atoms with Crippen molar-refractivity contribution in [1.29, 1.82) is 0 Å². The number of thiophene rings is 1. The maximum atomic E-state index is 6.84. The largest absolute Gasteiger partial charge is 0.455 e. The van der Waals surface area contributed by atoms with Gasteiger partial charge in [-0.05, 0) is 51.0 Å². The molecule has 0 aliphatic carbocycles. The van der Waals surface area contributed by atoms with E-state index in [0.29, 0.717) is 17.5 Å². The van der Waals surface area contributed by atoms with Crippen molar-refractivity contribution < 1.29 is 4.42 Å². The highest BCUT2D eigenvalue weighted by Gasteiger charge is 2.40. The fourth-order valence-electron chi connectivity index (χ4n) is 8.35. The summed E-state index contributed by atoms with van der Waals surface area (Å²) < 4.78 is 9.31. The van der Waals surface area contributed by atoms with E-state index >= 15 is 0 Å². The molecule has 0 atom stereocenters. The second kappa shape index (κ2) is 10.5. The summed E-state index contributed by atoms with van der Waals surface area (Å²) in [5, 5.41) is 9.55. The summed E-state index contributed by atoms with van der Waals surface area (Å²) in [5.74, 6) is 1.97. The topological polar surface area (TPSA) is 51.8 Å². The van der Waals surface area contributed by atoms with Gasteiger partial charge in [0.05, 0.1) is 0 Å². The minimum atomic E-state index is -2.09. The summed E-state index contributed by atoms with van der Waals surface area (Å²) in [6, 6.07) is 49.5. The lowest BCUT2D eigenvalue weighted by molar-refractivity contribution is 0.670. The van der Waals surface area contributed by atoms with Crippen LogP contribution in [-0.4, -0.2) is 23.0 Å². The molecule has 4 heterocycles. The zero-order valence-electron chi connectivity index (χ0n) is 27.9. The molecule has 0 bridgehead atoms. The Morgan fingerprint density at radius 1 is 0.490 bits per heavy atom. The third-order valence-electron chi connectivity index (χ3n) is 10.7. The van der Waals surface area contributed by atoms with Gasteiger partial charge < -0.3 is 4.42 Å². The van der Waals surface area contributed by atoms with Gasteiger partial charge in [0.25, 0.3) is 0 Å². The molecule has 240 valence electrons. The molecule has 51 heavy (non-hydrogen) atoms. The maximum Gasteiger partial charge on any atom is 0.164 e. The van der Waals surface area contributed by atoms with Crippen LogP contribution in [0.5, 0.6) is 0 Å². The quantitative estimate of drug-likeness (QED) is 0.174. The zero-order valence-corrected chi connectivity index (χ0v) is 29.8. The minimum Gasteiger partial charge on any atom is -0.455 e. The van der Waals surface area contributed by atoms with Crippen molar-refractivity contribution in [2.45, 2.75) is 13.1 Å². The fourth-order valence-corrected chi connectivity index (χ4v) is 12.5. The van der Waals surface area contributed by atoms with Crippen LogP contribution < -0.4 is 10.4 Å². The molecule has 4 nitrogen and oxygen atoms in total. The number of nitrogens with zero attached hydrogens (tertiary/aromatic N) is 3. The molecule has 1 aliphatic rings. The van der Waals surface area contributed by atoms with Crippen molar-refractivity contribution in [3.8, 4) is 45.3 Å². The van der Waals surface area contributed by atoms with Gasteiger partial charge in [-0.15, -0.1) is 11.3 Å². The van der Waals surface area contributed by atoms with E-state index in [0.717, 1.165) is 49.4 Å². The molecule has 0 radical (unpaired) electrons. The van der Waals surface area contributed by atoms with E-state index in [1.54, 1.807) is 11.3 Å². The molecule has 0 amide bonds. The second-order valence-corrected chi connectivity index (χ2v) is 19.3. The first-order valence-corrected chi connectivity index (χ1v) is 21.1. The molecule has 10 aromatic rings. The van der Waals surface area contributed by atoms with E-state index in [9.17, 15) is 0 Å². The highest BCUT2D eigenvalue weighted by molar-refractivity contribution is 7.25. The molecule has 11 rings (SSSR count). The van der Waals surface area contributed by atoms with E-state index in [1.165, 1.54) is 41.7 Å². The fraction of sp³-hybridized carbons (Fsp3) is 0.0444. The number of fused-ring (bicyclic) bond motifs is 11. The van der Waals surface area contributed by atoms with Gasteiger partial charge in [0.2, 0.25) is 0 Å². The van der Waals surface area contributed by atoms with E-state index in [2.05, 4.69) is 147 Å². The van der Waals surface area contributed by atoms with E-state index in [1.807, 2.05) is 6.07 Å². The van der Waals surface area contributed by atoms with E-state index < -0.39 is 8.07 Å². The van der Waals surface area contributed by atoms with Crippen LogP contribution in [0.4, 0.5) is 0 Å². The number of aromatic nitrogens is 3. The van der Waals surface area contributed by atoms with Crippen molar-refractivity contribution in [2.24, 2.45) is 0 Å². The van der Waals surface area contributed by atoms with Gasteiger partial charge in [0.15, 0.2) is 17.5 Å². The van der Waals surface area contributed by atoms with Crippen molar-refractivity contribution in [3.63, 3.8) is 0 Å². The summed E-state index contributed by atoms with van der Waals surface area (Å²) >= 11 is 1.81. The number of hydrogen-bond acceptors (Lipinski definition) is 5. The summed E-state index contributed by atoms with van der Waals surface area (Å²) in [6.45, 7) is 4.89. The number of furan rings is 1. The Balaban J connectivity index is 1.28. The van der Waals surface area contributed by atoms with Gasteiger partial charge in [-0.3, -0.25) is 0 Å². The SMILES string of the molecule is C[Si]1(C)c2ccccc2-c2c1cc(-c1nc(-c3cccc4ccccc34)nc(-c3cccc4sc5ccccc5c34)n1)c1c2oc2ccccc21. The van der Waals surface area contributed by atoms with Crippen LogP contribution in [0.15, 0.2) is 144 Å². The summed E-state index contributed by atoms with van der Waals surface area (Å²) in [5.41, 5.74) is 7.25. The van der Waals surface area contributed by atoms with E-state index in [-0.39, 0.29) is 0 Å². The van der Waals surface area contributed by atoms with Crippen molar-refractivity contribution in [2.75, 3.05) is 0 Å². The predicted octanol–water partition coefficient (Wildman–Crippen LogP) is 11.1. The van der Waals surface area contributed by atoms with Crippen LogP contribution in [-0.2, 0) is 0 Å². The molecule has 0 saturated heterocycles. The summed E-state index contributed by atoms with van der Waals surface area (Å²) in [4.78, 5) is 16.1. The lowest BCUT2D eigenvalue weighted by atomic mass is 9.98. The lowest BCUT2D eigenvalue weighted by Crippen LogP contribution is -2.49. The molecular weight excluding hydrogens is 659 g/mol. The molecule has 7 aromatic carbocycles. The van der Waals surface area contributed by atoms with Gasteiger partial charge in [-0.1, -0.05) is 128 Å². The minimum absolute atomic E-state index is 0.652. The van der Waals surface area contributed by atoms with Crippen LogP contribution in [0, 0.1) is 0 Å². The molecule has 1 aliphatic heterocycles. The number of benzene rings is 7. The third-order valence-corrected chi connectivity index (χ3v) is 15.4. The van der Waals surface area contributed by atoms with Crippen LogP contribution in [0.25, 0.3) is 98.2 Å². The molecule has 3 aromatic heterocycles. The van der Waals surface area contributed by atoms with Crippen LogP contribution in [0.3, 0.4) is 0 Å². The van der Waals surface area contributed by atoms with Gasteiger partial charge >= 0.3 is 0 Å². The predicted molar refractivity (Wildman–Crippen MR) is 216 cm³/mol. The summed E-state index contributed by atoms with van der Waals surface area (Å²) in [7, 11) is -2.09. The second-order valence-electron chi connectivity index (χ2n) is 13.9. The van der Waals surface area contributed by atoms with Crippen molar-refractivity contribution in [3.05, 3.63) is 140 Å². The molecule has 0 N–H and O–H groups in total. The highest BCUT2D eigenvalue weighted by Crippen LogP contribution is 2.45. The number of hydrogen-bond donors (Lipinski definition) is 0. The van der Waals surface area contributed by atoms with Crippen LogP contribution >= 0.6 is 11.3 Å². The van der Waals surface area contributed by atoms with Gasteiger partial charge in [-0.2, -0.15) is 0 Å². The average molecular weight is 688 g/mol. The standard InChI is InChI=1S/C45H29N3OSSi/c1-51(2)37-24-10-7-18-31(37)41-38(51)25-33(40-29-16-5-8-21-34(29)49-42(40)41)45-47-43(28-19-11-14-26-13-3-4-15-27(26)28)46-44(48-45)32-20-12-23-36-39(32)30-17-6-9-22-35(30)50-36/h3-25H,1-2H3. The molecule has 6 heteroatoms. The maximum absolute atomic E-state index is 6.84. The molecule has 0 fully saturated rings. The van der Waals surface area contributed by atoms with Gasteiger partial charge in [0.1, 0.15) is 19.2 Å². The monoisotopic (exact) mass is 687 g/mol. The zero-order chi connectivity index (χ0) is 33.8. The van der Waals surface area contributed by atoms with E-state index in [4.69, 9.17) is 19.4 Å². The Bertz CT molecular complexity index is 3080. The Labute approximate surface area is 298 Å². The first-order valence-electron chi connectivity index (χ1n) is 17.3. The number of rotatable bonds is 3. The van der Waals surface area contributed by atoms with Gasteiger partial charge in [0, 0.05) is 53.2 Å². The molecule has 0 spiro atoms. The Morgan fingerprint density at radius 3 is 1.98 bits per heavy atom. The summed E-state index contributed by atoms with van der Waals surface area (Å²) in [6.07, 6.45) is 0. The Morgan fingerprint density at radius 2 is 1.10 bits per heavy atom. The van der Waals surface area contributed by atoms with Gasteiger partial charge in [-0.25, -0.2) is 15.0 Å². The van der Waals surface area contributed by atoms with Crippen molar-refractivity contribution >= 4 is 82.7 Å². The van der Waals surface area contributed by atoms with Crippen LogP contribution in [0.1, 0.15) is 0 Å². The first-order chi connectivity index (χ1) is 25.0. The average Bonchev–Trinajstić information content (AvgIpc) is 3.82. The Hall–Kier alpha value is -5.95. The van der Waals surface area contributed by atoms with Crippen molar-refractivity contribution in [1.82, 2.24) is 15.0 Å². The highest BCUT2D eigenvalue weighted by atomic mass is 32.1. The molecule has 0 unspecified atom stereocenters. The number of para-hydroxylation sites is 1. The lowest BCUT2D eigenvalue weighted by Gasteiger charge is -2.19. The normalized spacial score (nSPS) is 13.5. The smallest absolute Gasteiger partial charge is 0.164 e. The Kier molecular flexibility index (Phi) is 5.95. The third kappa shape index (κ3) is 4.09. The first kappa shape index (κ1) is 28.8. The molecule has 0 saturated carbocycles.